The molecule has 1 aromatic carbocycles. The van der Waals surface area contributed by atoms with Crippen molar-refractivity contribution in [2.24, 2.45) is 0 Å². The van der Waals surface area contributed by atoms with Gasteiger partial charge in [0.25, 0.3) is 0 Å². The predicted octanol–water partition coefficient (Wildman–Crippen LogP) is 2.52. The molecule has 0 saturated carbocycles. The summed E-state index contributed by atoms with van der Waals surface area (Å²) >= 11 is 0. The SMILES string of the molecule is O=C(O)c1n[nH]c2ccc(-c3ccco3)cc12. The summed E-state index contributed by atoms with van der Waals surface area (Å²) in [5.41, 5.74) is 1.54. The van der Waals surface area contributed by atoms with Gasteiger partial charge in [-0.05, 0) is 30.3 Å². The number of benzene rings is 1. The number of H-pyrrole nitrogens is 1. The minimum absolute atomic E-state index is 0.0217. The van der Waals surface area contributed by atoms with Gasteiger partial charge in [0.15, 0.2) is 5.69 Å². The van der Waals surface area contributed by atoms with Gasteiger partial charge < -0.3 is 9.52 Å². The highest BCUT2D eigenvalue weighted by molar-refractivity contribution is 6.02. The molecule has 3 rings (SSSR count). The number of rotatable bonds is 2. The van der Waals surface area contributed by atoms with Crippen molar-refractivity contribution < 1.29 is 14.3 Å². The number of carboxylic acid groups (broad SMARTS) is 1. The van der Waals surface area contributed by atoms with E-state index in [0.717, 1.165) is 5.56 Å². The fourth-order valence-corrected chi connectivity index (χ4v) is 1.77. The van der Waals surface area contributed by atoms with Crippen LogP contribution in [0.1, 0.15) is 10.5 Å². The van der Waals surface area contributed by atoms with Crippen LogP contribution in [-0.2, 0) is 0 Å². The van der Waals surface area contributed by atoms with E-state index in [-0.39, 0.29) is 5.69 Å². The number of nitrogens with one attached hydrogen (secondary N) is 1. The van der Waals surface area contributed by atoms with E-state index in [2.05, 4.69) is 10.2 Å². The van der Waals surface area contributed by atoms with Gasteiger partial charge in [0.2, 0.25) is 0 Å². The van der Waals surface area contributed by atoms with Crippen LogP contribution < -0.4 is 0 Å². The summed E-state index contributed by atoms with van der Waals surface area (Å²) in [6.07, 6.45) is 1.58. The number of hydrogen-bond acceptors (Lipinski definition) is 3. The first-order chi connectivity index (χ1) is 8.25. The third kappa shape index (κ3) is 1.48. The first kappa shape index (κ1) is 9.65. The molecule has 5 nitrogen and oxygen atoms in total. The lowest BCUT2D eigenvalue weighted by Gasteiger charge is -1.97. The zero-order chi connectivity index (χ0) is 11.8. The zero-order valence-corrected chi connectivity index (χ0v) is 8.68. The van der Waals surface area contributed by atoms with E-state index < -0.39 is 5.97 Å². The lowest BCUT2D eigenvalue weighted by Crippen LogP contribution is -1.96. The highest BCUT2D eigenvalue weighted by Gasteiger charge is 2.13. The van der Waals surface area contributed by atoms with Crippen LogP contribution in [-0.4, -0.2) is 21.3 Å². The number of hydrogen-bond donors (Lipinski definition) is 2. The Morgan fingerprint density at radius 1 is 1.35 bits per heavy atom. The van der Waals surface area contributed by atoms with E-state index in [4.69, 9.17) is 9.52 Å². The Bertz CT molecular complexity index is 683. The fourth-order valence-electron chi connectivity index (χ4n) is 1.77. The van der Waals surface area contributed by atoms with Crippen molar-refractivity contribution in [1.82, 2.24) is 10.2 Å². The average Bonchev–Trinajstić information content (AvgIpc) is 2.97. The molecule has 2 heterocycles. The molecule has 0 aliphatic rings. The van der Waals surface area contributed by atoms with E-state index in [1.165, 1.54) is 0 Å². The normalized spacial score (nSPS) is 10.8. The largest absolute Gasteiger partial charge is 0.476 e. The molecule has 5 heteroatoms. The summed E-state index contributed by atoms with van der Waals surface area (Å²) in [7, 11) is 0. The maximum atomic E-state index is 11.0. The average molecular weight is 228 g/mol. The minimum atomic E-state index is -1.05. The number of aromatic nitrogens is 2. The van der Waals surface area contributed by atoms with Gasteiger partial charge in [-0.25, -0.2) is 4.79 Å². The summed E-state index contributed by atoms with van der Waals surface area (Å²) < 4.78 is 5.27. The van der Waals surface area contributed by atoms with E-state index in [1.807, 2.05) is 12.1 Å². The molecule has 0 bridgehead atoms. The number of fused-ring (bicyclic) bond motifs is 1. The Morgan fingerprint density at radius 3 is 2.94 bits per heavy atom. The molecule has 0 radical (unpaired) electrons. The monoisotopic (exact) mass is 228 g/mol. The molecule has 2 aromatic heterocycles. The van der Waals surface area contributed by atoms with Crippen molar-refractivity contribution in [1.29, 1.82) is 0 Å². The molecule has 0 unspecified atom stereocenters. The molecule has 0 aliphatic heterocycles. The van der Waals surface area contributed by atoms with Crippen molar-refractivity contribution >= 4 is 16.9 Å². The van der Waals surface area contributed by atoms with E-state index >= 15 is 0 Å². The minimum Gasteiger partial charge on any atom is -0.476 e. The lowest BCUT2D eigenvalue weighted by atomic mass is 10.1. The summed E-state index contributed by atoms with van der Waals surface area (Å²) in [5, 5.41) is 16.0. The van der Waals surface area contributed by atoms with Gasteiger partial charge in [0, 0.05) is 10.9 Å². The molecule has 3 aromatic rings. The Balaban J connectivity index is 2.24. The number of nitrogens with zero attached hydrogens (tertiary/aromatic N) is 1. The molecule has 0 saturated heterocycles. The van der Waals surface area contributed by atoms with E-state index in [9.17, 15) is 4.79 Å². The van der Waals surface area contributed by atoms with Crippen LogP contribution in [0.15, 0.2) is 41.0 Å². The van der Waals surface area contributed by atoms with Crippen LogP contribution in [0.5, 0.6) is 0 Å². The lowest BCUT2D eigenvalue weighted by molar-refractivity contribution is 0.0692. The third-order valence-electron chi connectivity index (χ3n) is 2.57. The number of aromatic amines is 1. The van der Waals surface area contributed by atoms with Gasteiger partial charge in [0.1, 0.15) is 5.76 Å². The van der Waals surface area contributed by atoms with Gasteiger partial charge in [-0.3, -0.25) is 5.10 Å². The first-order valence-corrected chi connectivity index (χ1v) is 5.01. The molecular formula is C12H8N2O3. The summed E-state index contributed by atoms with van der Waals surface area (Å²) in [6, 6.07) is 8.99. The fraction of sp³-hybridized carbons (Fsp3) is 0. The number of furan rings is 1. The van der Waals surface area contributed by atoms with Crippen molar-refractivity contribution in [3.8, 4) is 11.3 Å². The Kier molecular flexibility index (Phi) is 1.98. The first-order valence-electron chi connectivity index (χ1n) is 5.01. The van der Waals surface area contributed by atoms with Crippen molar-refractivity contribution in [3.63, 3.8) is 0 Å². The molecule has 0 fully saturated rings. The van der Waals surface area contributed by atoms with Crippen molar-refractivity contribution in [3.05, 3.63) is 42.3 Å². The van der Waals surface area contributed by atoms with Gasteiger partial charge in [-0.2, -0.15) is 5.10 Å². The second kappa shape index (κ2) is 3.48. The van der Waals surface area contributed by atoms with E-state index in [0.29, 0.717) is 16.7 Å². The molecular weight excluding hydrogens is 220 g/mol. The Labute approximate surface area is 95.7 Å². The molecule has 0 atom stereocenters. The summed E-state index contributed by atoms with van der Waals surface area (Å²) in [5.74, 6) is -0.350. The Morgan fingerprint density at radius 2 is 2.24 bits per heavy atom. The van der Waals surface area contributed by atoms with Crippen LogP contribution in [0.3, 0.4) is 0 Å². The second-order valence-corrected chi connectivity index (χ2v) is 3.62. The van der Waals surface area contributed by atoms with Gasteiger partial charge in [-0.1, -0.05) is 0 Å². The van der Waals surface area contributed by atoms with Crippen LogP contribution in [0.2, 0.25) is 0 Å². The maximum Gasteiger partial charge on any atom is 0.357 e. The molecule has 17 heavy (non-hydrogen) atoms. The van der Waals surface area contributed by atoms with Crippen LogP contribution in [0.4, 0.5) is 0 Å². The van der Waals surface area contributed by atoms with Crippen molar-refractivity contribution in [2.45, 2.75) is 0 Å². The molecule has 2 N–H and O–H groups in total. The number of carboxylic acids is 1. The summed E-state index contributed by atoms with van der Waals surface area (Å²) in [6.45, 7) is 0. The number of carbonyl (C=O) groups is 1. The smallest absolute Gasteiger partial charge is 0.357 e. The number of aromatic carboxylic acids is 1. The van der Waals surface area contributed by atoms with Gasteiger partial charge in [0.05, 0.1) is 11.8 Å². The quantitative estimate of drug-likeness (QED) is 0.706. The standard InChI is InChI=1S/C12H8N2O3/c15-12(16)11-8-6-7(10-2-1-5-17-10)3-4-9(8)13-14-11/h1-6H,(H,13,14)(H,15,16). The molecule has 84 valence electrons. The molecule has 0 aliphatic carbocycles. The van der Waals surface area contributed by atoms with Gasteiger partial charge in [-0.15, -0.1) is 0 Å². The Hall–Kier alpha value is -2.56. The molecule has 0 amide bonds. The van der Waals surface area contributed by atoms with Crippen LogP contribution >= 0.6 is 0 Å². The van der Waals surface area contributed by atoms with Gasteiger partial charge >= 0.3 is 5.97 Å². The third-order valence-corrected chi connectivity index (χ3v) is 2.57. The highest BCUT2D eigenvalue weighted by atomic mass is 16.4. The summed E-state index contributed by atoms with van der Waals surface area (Å²) in [4.78, 5) is 11.0. The topological polar surface area (TPSA) is 79.1 Å². The van der Waals surface area contributed by atoms with Crippen molar-refractivity contribution in [2.75, 3.05) is 0 Å². The van der Waals surface area contributed by atoms with Crippen LogP contribution in [0, 0.1) is 0 Å². The molecule has 0 spiro atoms. The second-order valence-electron chi connectivity index (χ2n) is 3.62. The predicted molar refractivity (Wildman–Crippen MR) is 60.8 cm³/mol. The van der Waals surface area contributed by atoms with Crippen LogP contribution in [0.25, 0.3) is 22.2 Å². The maximum absolute atomic E-state index is 11.0. The zero-order valence-electron chi connectivity index (χ0n) is 8.68. The highest BCUT2D eigenvalue weighted by Crippen LogP contribution is 2.25. The van der Waals surface area contributed by atoms with E-state index in [1.54, 1.807) is 24.5 Å².